The molecular formula is C14H16N2O3. The Balaban J connectivity index is 2.08. The Morgan fingerprint density at radius 1 is 1.26 bits per heavy atom. The van der Waals surface area contributed by atoms with Crippen molar-refractivity contribution in [1.29, 1.82) is 0 Å². The fourth-order valence-corrected chi connectivity index (χ4v) is 1.78. The van der Waals surface area contributed by atoms with Crippen LogP contribution in [0.2, 0.25) is 0 Å². The number of anilines is 2. The molecule has 0 atom stereocenters. The van der Waals surface area contributed by atoms with Gasteiger partial charge in [-0.2, -0.15) is 0 Å². The number of carboxylic acids is 1. The molecule has 0 amide bonds. The molecule has 0 aliphatic rings. The van der Waals surface area contributed by atoms with Crippen LogP contribution in [0.1, 0.15) is 16.3 Å². The average molecular weight is 260 g/mol. The van der Waals surface area contributed by atoms with Crippen LogP contribution in [0.3, 0.4) is 0 Å². The van der Waals surface area contributed by atoms with Crippen molar-refractivity contribution in [2.24, 2.45) is 0 Å². The molecular weight excluding hydrogens is 244 g/mol. The topological polar surface area (TPSA) is 65.7 Å². The number of para-hydroxylation sites is 2. The molecule has 19 heavy (non-hydrogen) atoms. The quantitative estimate of drug-likeness (QED) is 0.865. The second-order valence-corrected chi connectivity index (χ2v) is 4.34. The Kier molecular flexibility index (Phi) is 3.75. The molecule has 1 heterocycles. The largest absolute Gasteiger partial charge is 0.475 e. The molecule has 0 spiro atoms. The van der Waals surface area contributed by atoms with Crippen molar-refractivity contribution in [1.82, 2.24) is 0 Å². The molecule has 100 valence electrons. The lowest BCUT2D eigenvalue weighted by atomic mass is 10.2. The van der Waals surface area contributed by atoms with Crippen LogP contribution in [0, 0.1) is 0 Å². The van der Waals surface area contributed by atoms with Gasteiger partial charge in [0.05, 0.1) is 17.9 Å². The van der Waals surface area contributed by atoms with E-state index in [1.165, 1.54) is 6.07 Å². The van der Waals surface area contributed by atoms with Gasteiger partial charge in [-0.15, -0.1) is 0 Å². The minimum Gasteiger partial charge on any atom is -0.475 e. The van der Waals surface area contributed by atoms with Crippen molar-refractivity contribution in [3.8, 4) is 0 Å². The van der Waals surface area contributed by atoms with Gasteiger partial charge in [-0.1, -0.05) is 12.1 Å². The van der Waals surface area contributed by atoms with Crippen LogP contribution >= 0.6 is 0 Å². The van der Waals surface area contributed by atoms with Crippen molar-refractivity contribution in [2.45, 2.75) is 6.54 Å². The molecule has 0 aliphatic carbocycles. The van der Waals surface area contributed by atoms with Crippen LogP contribution in [0.15, 0.2) is 40.8 Å². The second kappa shape index (κ2) is 5.48. The van der Waals surface area contributed by atoms with Gasteiger partial charge in [0.2, 0.25) is 5.76 Å². The molecule has 2 rings (SSSR count). The average Bonchev–Trinajstić information content (AvgIpc) is 2.85. The fraction of sp³-hybridized carbons (Fsp3) is 0.214. The van der Waals surface area contributed by atoms with Gasteiger partial charge in [0.1, 0.15) is 5.76 Å². The number of nitrogens with one attached hydrogen (secondary N) is 1. The molecule has 0 unspecified atom stereocenters. The minimum absolute atomic E-state index is 0.0438. The maximum Gasteiger partial charge on any atom is 0.371 e. The van der Waals surface area contributed by atoms with E-state index in [4.69, 9.17) is 9.52 Å². The first-order chi connectivity index (χ1) is 9.08. The smallest absolute Gasteiger partial charge is 0.371 e. The SMILES string of the molecule is CN(C)c1ccccc1NCc1ccc(C(=O)O)o1. The van der Waals surface area contributed by atoms with E-state index in [-0.39, 0.29) is 5.76 Å². The van der Waals surface area contributed by atoms with E-state index in [1.807, 2.05) is 43.3 Å². The number of hydrogen-bond acceptors (Lipinski definition) is 4. The lowest BCUT2D eigenvalue weighted by molar-refractivity contribution is 0.0660. The fourth-order valence-electron chi connectivity index (χ4n) is 1.78. The zero-order valence-electron chi connectivity index (χ0n) is 10.9. The number of hydrogen-bond donors (Lipinski definition) is 2. The normalized spacial score (nSPS) is 10.2. The molecule has 0 saturated heterocycles. The number of nitrogens with zero attached hydrogens (tertiary/aromatic N) is 1. The monoisotopic (exact) mass is 260 g/mol. The predicted octanol–water partition coefficient (Wildman–Crippen LogP) is 2.66. The summed E-state index contributed by atoms with van der Waals surface area (Å²) < 4.78 is 5.19. The lowest BCUT2D eigenvalue weighted by Crippen LogP contribution is -2.11. The maximum atomic E-state index is 10.7. The summed E-state index contributed by atoms with van der Waals surface area (Å²) in [5.41, 5.74) is 2.04. The van der Waals surface area contributed by atoms with Gasteiger partial charge >= 0.3 is 5.97 Å². The summed E-state index contributed by atoms with van der Waals surface area (Å²) in [5.74, 6) is -0.511. The Morgan fingerprint density at radius 3 is 2.63 bits per heavy atom. The highest BCUT2D eigenvalue weighted by molar-refractivity contribution is 5.84. The van der Waals surface area contributed by atoms with Gasteiger partial charge in [-0.25, -0.2) is 4.79 Å². The highest BCUT2D eigenvalue weighted by atomic mass is 16.4. The summed E-state index contributed by atoms with van der Waals surface area (Å²) in [6.07, 6.45) is 0. The first-order valence-corrected chi connectivity index (χ1v) is 5.90. The predicted molar refractivity (Wildman–Crippen MR) is 73.8 cm³/mol. The van der Waals surface area contributed by atoms with Crippen molar-refractivity contribution in [3.05, 3.63) is 47.9 Å². The number of rotatable bonds is 5. The molecule has 2 N–H and O–H groups in total. The Morgan fingerprint density at radius 2 is 2.00 bits per heavy atom. The Hall–Kier alpha value is -2.43. The highest BCUT2D eigenvalue weighted by Crippen LogP contribution is 2.24. The molecule has 0 saturated carbocycles. The van der Waals surface area contributed by atoms with E-state index in [9.17, 15) is 4.79 Å². The third kappa shape index (κ3) is 3.07. The first kappa shape index (κ1) is 13.0. The second-order valence-electron chi connectivity index (χ2n) is 4.34. The molecule has 0 radical (unpaired) electrons. The zero-order valence-corrected chi connectivity index (χ0v) is 10.9. The Labute approximate surface area is 111 Å². The van der Waals surface area contributed by atoms with Crippen LogP contribution < -0.4 is 10.2 Å². The van der Waals surface area contributed by atoms with E-state index in [0.29, 0.717) is 12.3 Å². The molecule has 1 aromatic heterocycles. The molecule has 5 heteroatoms. The van der Waals surface area contributed by atoms with Crippen molar-refractivity contribution in [3.63, 3.8) is 0 Å². The summed E-state index contributed by atoms with van der Waals surface area (Å²) >= 11 is 0. The number of aromatic carboxylic acids is 1. The van der Waals surface area contributed by atoms with E-state index in [1.54, 1.807) is 6.07 Å². The summed E-state index contributed by atoms with van der Waals surface area (Å²) in [6, 6.07) is 11.0. The van der Waals surface area contributed by atoms with Crippen molar-refractivity contribution >= 4 is 17.3 Å². The zero-order chi connectivity index (χ0) is 13.8. The molecule has 2 aromatic rings. The van der Waals surface area contributed by atoms with Gasteiger partial charge in [-0.3, -0.25) is 0 Å². The number of furan rings is 1. The van der Waals surface area contributed by atoms with E-state index >= 15 is 0 Å². The Bertz CT molecular complexity index is 576. The number of carbonyl (C=O) groups is 1. The van der Waals surface area contributed by atoms with E-state index < -0.39 is 5.97 Å². The molecule has 0 aliphatic heterocycles. The number of benzene rings is 1. The number of carboxylic acid groups (broad SMARTS) is 1. The maximum absolute atomic E-state index is 10.7. The van der Waals surface area contributed by atoms with Crippen LogP contribution in [-0.2, 0) is 6.54 Å². The van der Waals surface area contributed by atoms with Gasteiger partial charge in [-0.05, 0) is 24.3 Å². The van der Waals surface area contributed by atoms with Crippen molar-refractivity contribution in [2.75, 3.05) is 24.3 Å². The van der Waals surface area contributed by atoms with Crippen LogP contribution in [-0.4, -0.2) is 25.2 Å². The van der Waals surface area contributed by atoms with Crippen LogP contribution in [0.4, 0.5) is 11.4 Å². The molecule has 0 bridgehead atoms. The van der Waals surface area contributed by atoms with Gasteiger partial charge in [0.15, 0.2) is 0 Å². The van der Waals surface area contributed by atoms with Crippen molar-refractivity contribution < 1.29 is 14.3 Å². The lowest BCUT2D eigenvalue weighted by Gasteiger charge is -2.17. The third-order valence-corrected chi connectivity index (χ3v) is 2.71. The van der Waals surface area contributed by atoms with E-state index in [2.05, 4.69) is 5.32 Å². The third-order valence-electron chi connectivity index (χ3n) is 2.71. The van der Waals surface area contributed by atoms with Crippen LogP contribution in [0.25, 0.3) is 0 Å². The highest BCUT2D eigenvalue weighted by Gasteiger charge is 2.09. The molecule has 5 nitrogen and oxygen atoms in total. The van der Waals surface area contributed by atoms with Gasteiger partial charge in [0, 0.05) is 14.1 Å². The van der Waals surface area contributed by atoms with Gasteiger partial charge < -0.3 is 19.7 Å². The standard InChI is InChI=1S/C14H16N2O3/c1-16(2)12-6-4-3-5-11(12)15-9-10-7-8-13(19-10)14(17)18/h3-8,15H,9H2,1-2H3,(H,17,18). The van der Waals surface area contributed by atoms with Crippen LogP contribution in [0.5, 0.6) is 0 Å². The summed E-state index contributed by atoms with van der Waals surface area (Å²) in [5, 5.41) is 12.0. The molecule has 0 fully saturated rings. The summed E-state index contributed by atoms with van der Waals surface area (Å²) in [6.45, 7) is 0.443. The first-order valence-electron chi connectivity index (χ1n) is 5.90. The summed E-state index contributed by atoms with van der Waals surface area (Å²) in [7, 11) is 3.94. The minimum atomic E-state index is -1.06. The molecule has 1 aromatic carbocycles. The van der Waals surface area contributed by atoms with E-state index in [0.717, 1.165) is 11.4 Å². The van der Waals surface area contributed by atoms with Gasteiger partial charge in [0.25, 0.3) is 0 Å². The summed E-state index contributed by atoms with van der Waals surface area (Å²) in [4.78, 5) is 12.7.